The minimum atomic E-state index is 0.891. The van der Waals surface area contributed by atoms with E-state index in [1.54, 1.807) is 7.11 Å². The zero-order valence-electron chi connectivity index (χ0n) is 12.5. The minimum absolute atomic E-state index is 0.891. The van der Waals surface area contributed by atoms with E-state index in [9.17, 15) is 0 Å². The molecule has 1 aliphatic heterocycles. The Bertz CT molecular complexity index is 592. The molecule has 0 atom stereocenters. The summed E-state index contributed by atoms with van der Waals surface area (Å²) in [7, 11) is 1.69. The molecule has 1 saturated heterocycles. The van der Waals surface area contributed by atoms with E-state index < -0.39 is 0 Å². The van der Waals surface area contributed by atoms with Gasteiger partial charge in [0.15, 0.2) is 0 Å². The van der Waals surface area contributed by atoms with Gasteiger partial charge in [0.25, 0.3) is 0 Å². The van der Waals surface area contributed by atoms with Crippen LogP contribution in [0.1, 0.15) is 24.0 Å². The second kappa shape index (κ2) is 6.49. The lowest BCUT2D eigenvalue weighted by atomic mass is 10.1. The molecule has 0 amide bonds. The van der Waals surface area contributed by atoms with E-state index in [2.05, 4.69) is 53.5 Å². The van der Waals surface area contributed by atoms with Gasteiger partial charge in [-0.25, -0.2) is 0 Å². The number of rotatable bonds is 4. The Morgan fingerprint density at radius 1 is 0.810 bits per heavy atom. The van der Waals surface area contributed by atoms with Crippen molar-refractivity contribution in [2.24, 2.45) is 0 Å². The number of ether oxygens (including phenoxy) is 1. The summed E-state index contributed by atoms with van der Waals surface area (Å²) in [5, 5.41) is 0. The Hall–Kier alpha value is -2.22. The number of hydrogen-bond donors (Lipinski definition) is 0. The SMILES string of the molecule is COc1ccc(C=Cc2ccc(N3CCCC3)cc2)cc1. The van der Waals surface area contributed by atoms with Crippen molar-refractivity contribution in [3.05, 3.63) is 59.7 Å². The Kier molecular flexibility index (Phi) is 4.25. The van der Waals surface area contributed by atoms with Crippen molar-refractivity contribution >= 4 is 17.8 Å². The van der Waals surface area contributed by atoms with Gasteiger partial charge in [0, 0.05) is 18.8 Å². The molecule has 21 heavy (non-hydrogen) atoms. The number of methoxy groups -OCH3 is 1. The molecule has 0 aromatic heterocycles. The minimum Gasteiger partial charge on any atom is -0.497 e. The van der Waals surface area contributed by atoms with E-state index in [1.807, 2.05) is 12.1 Å². The molecule has 0 aliphatic carbocycles. The first-order valence-electron chi connectivity index (χ1n) is 7.52. The summed E-state index contributed by atoms with van der Waals surface area (Å²) in [4.78, 5) is 2.46. The van der Waals surface area contributed by atoms with E-state index >= 15 is 0 Å². The van der Waals surface area contributed by atoms with Crippen LogP contribution >= 0.6 is 0 Å². The first kappa shape index (κ1) is 13.7. The van der Waals surface area contributed by atoms with Crippen molar-refractivity contribution in [1.82, 2.24) is 0 Å². The number of anilines is 1. The number of hydrogen-bond acceptors (Lipinski definition) is 2. The van der Waals surface area contributed by atoms with Crippen LogP contribution in [0, 0.1) is 0 Å². The fourth-order valence-corrected chi connectivity index (χ4v) is 2.68. The molecule has 0 N–H and O–H groups in total. The monoisotopic (exact) mass is 279 g/mol. The highest BCUT2D eigenvalue weighted by molar-refractivity contribution is 5.70. The van der Waals surface area contributed by atoms with E-state index in [1.165, 1.54) is 42.7 Å². The summed E-state index contributed by atoms with van der Waals surface area (Å²) in [6.07, 6.45) is 6.91. The molecule has 0 saturated carbocycles. The third kappa shape index (κ3) is 3.46. The van der Waals surface area contributed by atoms with Gasteiger partial charge in [-0.3, -0.25) is 0 Å². The Morgan fingerprint density at radius 2 is 1.33 bits per heavy atom. The number of benzene rings is 2. The maximum Gasteiger partial charge on any atom is 0.118 e. The lowest BCUT2D eigenvalue weighted by Crippen LogP contribution is -2.17. The molecule has 3 rings (SSSR count). The van der Waals surface area contributed by atoms with Gasteiger partial charge in [-0.05, 0) is 48.2 Å². The zero-order chi connectivity index (χ0) is 14.5. The van der Waals surface area contributed by atoms with Crippen LogP contribution in [0.2, 0.25) is 0 Å². The van der Waals surface area contributed by atoms with Crippen LogP contribution in [0.4, 0.5) is 5.69 Å². The summed E-state index contributed by atoms with van der Waals surface area (Å²) in [5.74, 6) is 0.891. The van der Waals surface area contributed by atoms with Crippen molar-refractivity contribution in [1.29, 1.82) is 0 Å². The molecule has 1 aliphatic rings. The van der Waals surface area contributed by atoms with Gasteiger partial charge in [0.1, 0.15) is 5.75 Å². The predicted molar refractivity (Wildman–Crippen MR) is 89.8 cm³/mol. The molecule has 2 nitrogen and oxygen atoms in total. The molecule has 0 bridgehead atoms. The summed E-state index contributed by atoms with van der Waals surface area (Å²) in [6, 6.07) is 16.9. The summed E-state index contributed by atoms with van der Waals surface area (Å²) in [5.41, 5.74) is 3.75. The quantitative estimate of drug-likeness (QED) is 0.766. The molecular weight excluding hydrogens is 258 g/mol. The highest BCUT2D eigenvalue weighted by Crippen LogP contribution is 2.21. The van der Waals surface area contributed by atoms with E-state index in [0.29, 0.717) is 0 Å². The van der Waals surface area contributed by atoms with Crippen molar-refractivity contribution in [3.63, 3.8) is 0 Å². The van der Waals surface area contributed by atoms with Crippen LogP contribution < -0.4 is 9.64 Å². The van der Waals surface area contributed by atoms with Crippen molar-refractivity contribution < 1.29 is 4.74 Å². The molecular formula is C19H21NO. The molecule has 0 radical (unpaired) electrons. The third-order valence-electron chi connectivity index (χ3n) is 3.95. The molecule has 2 aromatic carbocycles. The highest BCUT2D eigenvalue weighted by atomic mass is 16.5. The lowest BCUT2D eigenvalue weighted by molar-refractivity contribution is 0.415. The van der Waals surface area contributed by atoms with Gasteiger partial charge in [0.2, 0.25) is 0 Å². The van der Waals surface area contributed by atoms with Gasteiger partial charge in [-0.1, -0.05) is 36.4 Å². The molecule has 108 valence electrons. The smallest absolute Gasteiger partial charge is 0.118 e. The fourth-order valence-electron chi connectivity index (χ4n) is 2.68. The Labute approximate surface area is 126 Å². The largest absolute Gasteiger partial charge is 0.497 e. The topological polar surface area (TPSA) is 12.5 Å². The van der Waals surface area contributed by atoms with Crippen molar-refractivity contribution in [3.8, 4) is 5.75 Å². The van der Waals surface area contributed by atoms with E-state index in [-0.39, 0.29) is 0 Å². The highest BCUT2D eigenvalue weighted by Gasteiger charge is 2.11. The Morgan fingerprint density at radius 3 is 1.86 bits per heavy atom. The average molecular weight is 279 g/mol. The molecule has 0 unspecified atom stereocenters. The van der Waals surface area contributed by atoms with Crippen molar-refractivity contribution in [2.75, 3.05) is 25.1 Å². The Balaban J connectivity index is 1.67. The summed E-state index contributed by atoms with van der Waals surface area (Å²) >= 11 is 0. The van der Waals surface area contributed by atoms with Crippen LogP contribution in [-0.4, -0.2) is 20.2 Å². The van der Waals surface area contributed by atoms with Crippen LogP contribution in [0.5, 0.6) is 5.75 Å². The second-order valence-corrected chi connectivity index (χ2v) is 5.39. The van der Waals surface area contributed by atoms with Crippen LogP contribution in [0.15, 0.2) is 48.5 Å². The van der Waals surface area contributed by atoms with Crippen LogP contribution in [0.25, 0.3) is 12.2 Å². The predicted octanol–water partition coefficient (Wildman–Crippen LogP) is 4.47. The third-order valence-corrected chi connectivity index (χ3v) is 3.95. The summed E-state index contributed by atoms with van der Waals surface area (Å²) in [6.45, 7) is 2.39. The van der Waals surface area contributed by atoms with Gasteiger partial charge in [0.05, 0.1) is 7.11 Å². The summed E-state index contributed by atoms with van der Waals surface area (Å²) < 4.78 is 5.17. The first-order valence-corrected chi connectivity index (χ1v) is 7.52. The van der Waals surface area contributed by atoms with E-state index in [4.69, 9.17) is 4.74 Å². The van der Waals surface area contributed by atoms with Crippen LogP contribution in [0.3, 0.4) is 0 Å². The molecule has 1 heterocycles. The number of nitrogens with zero attached hydrogens (tertiary/aromatic N) is 1. The van der Waals surface area contributed by atoms with E-state index in [0.717, 1.165) is 5.75 Å². The van der Waals surface area contributed by atoms with Gasteiger partial charge < -0.3 is 9.64 Å². The standard InChI is InChI=1S/C19H21NO/c1-21-19-12-8-17(9-13-19)5-4-16-6-10-18(11-7-16)20-14-2-3-15-20/h4-13H,2-3,14-15H2,1H3. The zero-order valence-corrected chi connectivity index (χ0v) is 12.5. The van der Waals surface area contributed by atoms with Gasteiger partial charge >= 0.3 is 0 Å². The molecule has 1 fully saturated rings. The second-order valence-electron chi connectivity index (χ2n) is 5.39. The molecule has 0 spiro atoms. The normalized spacial score (nSPS) is 14.8. The van der Waals surface area contributed by atoms with Crippen LogP contribution in [-0.2, 0) is 0 Å². The average Bonchev–Trinajstić information content (AvgIpc) is 3.08. The molecule has 2 heteroatoms. The van der Waals surface area contributed by atoms with Gasteiger partial charge in [-0.15, -0.1) is 0 Å². The van der Waals surface area contributed by atoms with Crippen molar-refractivity contribution in [2.45, 2.75) is 12.8 Å². The lowest BCUT2D eigenvalue weighted by Gasteiger charge is -2.17. The van der Waals surface area contributed by atoms with Gasteiger partial charge in [-0.2, -0.15) is 0 Å². The maximum atomic E-state index is 5.17. The fraction of sp³-hybridized carbons (Fsp3) is 0.263. The first-order chi connectivity index (χ1) is 10.3. The maximum absolute atomic E-state index is 5.17. The molecule has 2 aromatic rings.